The maximum atomic E-state index is 12.7. The number of imide groups is 1. The number of benzene rings is 1. The fraction of sp³-hybridized carbons (Fsp3) is 0.343. The van der Waals surface area contributed by atoms with E-state index in [9.17, 15) is 41.8 Å². The first kappa shape index (κ1) is 50.1. The Morgan fingerprint density at radius 1 is 1.08 bits per heavy atom. The molecule has 26 heteroatoms. The Morgan fingerprint density at radius 3 is 2.25 bits per heavy atom. The number of halogens is 2. The Balaban J connectivity index is 0.000000264. The van der Waals surface area contributed by atoms with Gasteiger partial charge >= 0.3 is 29.9 Å². The molecular weight excluding hydrogens is 908 g/mol. The molecule has 3 heterocycles. The van der Waals surface area contributed by atoms with Crippen molar-refractivity contribution in [2.24, 2.45) is 5.73 Å². The van der Waals surface area contributed by atoms with Gasteiger partial charge in [-0.2, -0.15) is 15.0 Å². The average Bonchev–Trinajstić information content (AvgIpc) is 3.79. The van der Waals surface area contributed by atoms with Gasteiger partial charge in [0.15, 0.2) is 7.37 Å². The zero-order valence-corrected chi connectivity index (χ0v) is 36.7. The van der Waals surface area contributed by atoms with E-state index in [1.807, 2.05) is 0 Å². The second-order valence-corrected chi connectivity index (χ2v) is 18.6. The molecule has 1 aliphatic heterocycles. The highest BCUT2D eigenvalue weighted by atomic mass is 35.5. The van der Waals surface area contributed by atoms with Crippen molar-refractivity contribution in [3.05, 3.63) is 67.1 Å². The molecule has 1 aromatic carbocycles. The summed E-state index contributed by atoms with van der Waals surface area (Å²) in [5.74, 6) is -3.76. The van der Waals surface area contributed by atoms with Crippen LogP contribution in [-0.4, -0.2) is 107 Å². The number of carbonyl (C=O) groups excluding carboxylic acids is 4. The van der Waals surface area contributed by atoms with E-state index < -0.39 is 57.1 Å². The number of amides is 4. The lowest BCUT2D eigenvalue weighted by molar-refractivity contribution is -0.139. The molecule has 330 valence electrons. The lowest BCUT2D eigenvalue weighted by Crippen LogP contribution is -2.35. The van der Waals surface area contributed by atoms with Gasteiger partial charge in [0.25, 0.3) is 21.8 Å². The van der Waals surface area contributed by atoms with E-state index in [0.717, 1.165) is 30.2 Å². The second-order valence-electron chi connectivity index (χ2n) is 12.7. The summed E-state index contributed by atoms with van der Waals surface area (Å²) in [4.78, 5) is 90.3. The van der Waals surface area contributed by atoms with Crippen LogP contribution in [0.4, 0.5) is 16.4 Å². The third kappa shape index (κ3) is 14.4. The van der Waals surface area contributed by atoms with Gasteiger partial charge < -0.3 is 30.3 Å². The smallest absolute Gasteiger partial charge is 0.349 e. The van der Waals surface area contributed by atoms with E-state index in [0.29, 0.717) is 40.3 Å². The molecule has 2 unspecified atom stereocenters. The zero-order chi connectivity index (χ0) is 45.8. The number of nitrogens with one attached hydrogen (secondary N) is 2. The number of aliphatic carboxylic acids is 1. The Kier molecular flexibility index (Phi) is 18.1. The minimum absolute atomic E-state index is 0.0412. The number of rotatable bonds is 13. The molecule has 4 amide bonds. The first-order valence-corrected chi connectivity index (χ1v) is 23.0. The summed E-state index contributed by atoms with van der Waals surface area (Å²) in [5, 5.41) is 20.8. The molecule has 3 aromatic rings. The van der Waals surface area contributed by atoms with Crippen LogP contribution in [0.5, 0.6) is 6.01 Å². The molecular formula is C35H40Cl2N7O14PS2. The Bertz CT molecular complexity index is 2390. The van der Waals surface area contributed by atoms with Gasteiger partial charge in [0, 0.05) is 29.0 Å². The van der Waals surface area contributed by atoms with Crippen molar-refractivity contribution in [2.75, 3.05) is 36.8 Å². The van der Waals surface area contributed by atoms with Crippen molar-refractivity contribution in [1.82, 2.24) is 19.7 Å². The van der Waals surface area contributed by atoms with Crippen LogP contribution < -0.4 is 25.4 Å². The number of aryl methyl sites for hydroxylation is 1. The van der Waals surface area contributed by atoms with Crippen molar-refractivity contribution in [1.29, 1.82) is 0 Å². The molecule has 1 aliphatic carbocycles. The van der Waals surface area contributed by atoms with Crippen LogP contribution in [0.15, 0.2) is 50.7 Å². The summed E-state index contributed by atoms with van der Waals surface area (Å²) < 4.78 is 46.2. The molecule has 0 saturated carbocycles. The van der Waals surface area contributed by atoms with E-state index in [-0.39, 0.29) is 53.8 Å². The zero-order valence-electron chi connectivity index (χ0n) is 32.7. The highest BCUT2D eigenvalue weighted by molar-refractivity contribution is 7.90. The van der Waals surface area contributed by atoms with Crippen molar-refractivity contribution in [2.45, 2.75) is 56.9 Å². The van der Waals surface area contributed by atoms with Gasteiger partial charge in [-0.3, -0.25) is 24.3 Å². The summed E-state index contributed by atoms with van der Waals surface area (Å²) in [7, 11) is -6.16. The van der Waals surface area contributed by atoms with Crippen molar-refractivity contribution >= 4 is 105 Å². The standard InChI is InChI=1S/C19H17Cl2NO4.C11H11N5O6S2.C5H12NO4P/c1-2-26-19(25)16(21)10-11-9-12(7-8-15(11)20)22-17(23)13-5-3-4-6-14(13)18(22)24;1-5-12-9(15-11(13-5)22-2)14-10(19)16-24(20,21)6-3-4-23-7(6)8(17)18;1-11(9,10)3-2-4(6)5(7)8/h7-10H,2-6H2,1H3;3-4H,1-2H3,(H,17,18)(H2,12,13,14,15,16,19);4H,2-3,6H2,1H3,(H,7,8)(H,9,10)/b16-10-;;. The molecule has 0 saturated heterocycles. The van der Waals surface area contributed by atoms with Crippen LogP contribution in [0.25, 0.3) is 6.08 Å². The third-order valence-corrected chi connectivity index (χ3v) is 12.1. The van der Waals surface area contributed by atoms with Crippen molar-refractivity contribution < 1.29 is 66.3 Å². The molecule has 61 heavy (non-hydrogen) atoms. The predicted molar refractivity (Wildman–Crippen MR) is 222 cm³/mol. The highest BCUT2D eigenvalue weighted by Gasteiger charge is 2.39. The minimum atomic E-state index is -4.37. The van der Waals surface area contributed by atoms with Crippen LogP contribution in [0.1, 0.15) is 60.1 Å². The number of aromatic nitrogens is 3. The van der Waals surface area contributed by atoms with Gasteiger partial charge in [-0.1, -0.05) is 23.2 Å². The van der Waals surface area contributed by atoms with Crippen LogP contribution >= 0.6 is 41.9 Å². The van der Waals surface area contributed by atoms with Crippen LogP contribution in [-0.2, 0) is 38.5 Å². The van der Waals surface area contributed by atoms with Gasteiger partial charge in [-0.15, -0.1) is 11.3 Å². The normalized spacial score (nSPS) is 15.2. The lowest BCUT2D eigenvalue weighted by atomic mass is 9.93. The predicted octanol–water partition coefficient (Wildman–Crippen LogP) is 4.37. The first-order valence-electron chi connectivity index (χ1n) is 17.6. The molecule has 0 bridgehead atoms. The molecule has 2 aromatic heterocycles. The lowest BCUT2D eigenvalue weighted by Gasteiger charge is -2.16. The average molecular weight is 949 g/mol. The van der Waals surface area contributed by atoms with Crippen LogP contribution in [0, 0.1) is 6.92 Å². The number of ether oxygens (including phenoxy) is 2. The Labute approximate surface area is 362 Å². The summed E-state index contributed by atoms with van der Waals surface area (Å²) in [6.45, 7) is 4.58. The number of thiophene rings is 1. The molecule has 2 aliphatic rings. The summed E-state index contributed by atoms with van der Waals surface area (Å²) in [5.41, 5.74) is 7.14. The van der Waals surface area contributed by atoms with Crippen LogP contribution in [0.3, 0.4) is 0 Å². The van der Waals surface area contributed by atoms with Crippen molar-refractivity contribution in [3.8, 4) is 6.01 Å². The summed E-state index contributed by atoms with van der Waals surface area (Å²) >= 11 is 12.8. The van der Waals surface area contributed by atoms with Gasteiger partial charge in [-0.25, -0.2) is 32.4 Å². The van der Waals surface area contributed by atoms with Gasteiger partial charge in [0.05, 0.1) is 19.4 Å². The quantitative estimate of drug-likeness (QED) is 0.0599. The van der Waals surface area contributed by atoms with E-state index in [4.69, 9.17) is 53.5 Å². The largest absolute Gasteiger partial charge is 0.480 e. The number of nitrogens with two attached hydrogens (primary N) is 1. The van der Waals surface area contributed by atoms with E-state index in [2.05, 4.69) is 20.3 Å². The minimum Gasteiger partial charge on any atom is -0.480 e. The fourth-order valence-electron chi connectivity index (χ4n) is 5.23. The number of urea groups is 1. The summed E-state index contributed by atoms with van der Waals surface area (Å²) in [6, 6.07) is 3.56. The number of anilines is 2. The molecule has 21 nitrogen and oxygen atoms in total. The van der Waals surface area contributed by atoms with Crippen LogP contribution in [0.2, 0.25) is 5.02 Å². The van der Waals surface area contributed by atoms with Gasteiger partial charge in [0.1, 0.15) is 26.7 Å². The number of carboxylic acid groups (broad SMARTS) is 2. The number of hydrogen-bond donors (Lipinski definition) is 6. The fourth-order valence-corrected chi connectivity index (χ4v) is 8.50. The summed E-state index contributed by atoms with van der Waals surface area (Å²) in [6.07, 6.45) is 4.45. The maximum Gasteiger partial charge on any atom is 0.349 e. The SMILES string of the molecule is CCOC(=O)/C(Cl)=C/c1cc(N2C(=O)C3=C(CCCC3)C2=O)ccc1Cl.COc1nc(C)nc(NC(=O)NS(=O)(=O)c2ccsc2C(=O)O)n1.CP(=O)(O)CCC(N)C(=O)O. The second kappa shape index (κ2) is 22.0. The monoisotopic (exact) mass is 947 g/mol. The Hall–Kier alpha value is -5.29. The number of nitrogens with zero attached hydrogens (tertiary/aromatic N) is 4. The van der Waals surface area contributed by atoms with Gasteiger partial charge in [-0.05, 0) is 87.2 Å². The first-order chi connectivity index (χ1) is 28.5. The number of esters is 1. The molecule has 5 rings (SSSR count). The molecule has 0 fully saturated rings. The molecule has 0 spiro atoms. The maximum absolute atomic E-state index is 12.7. The number of carbonyl (C=O) groups is 6. The number of methoxy groups -OCH3 is 1. The number of aromatic carboxylic acids is 1. The number of sulfonamides is 1. The highest BCUT2D eigenvalue weighted by Crippen LogP contribution is 2.37. The third-order valence-electron chi connectivity index (χ3n) is 8.03. The molecule has 7 N–H and O–H groups in total. The topological polar surface area (TPSA) is 325 Å². The van der Waals surface area contributed by atoms with Crippen molar-refractivity contribution in [3.63, 3.8) is 0 Å². The number of carboxylic acids is 2. The molecule has 0 radical (unpaired) electrons. The van der Waals surface area contributed by atoms with E-state index in [1.165, 1.54) is 37.1 Å². The van der Waals surface area contributed by atoms with E-state index >= 15 is 0 Å². The number of hydrogen-bond acceptors (Lipinski definition) is 16. The molecule has 2 atom stereocenters. The van der Waals surface area contributed by atoms with Gasteiger partial charge in [0.2, 0.25) is 5.95 Å². The Morgan fingerprint density at radius 2 is 1.70 bits per heavy atom. The van der Waals surface area contributed by atoms with E-state index in [1.54, 1.807) is 29.8 Å².